The molecule has 0 aromatic heterocycles. The predicted octanol–water partition coefficient (Wildman–Crippen LogP) is 2.77. The summed E-state index contributed by atoms with van der Waals surface area (Å²) < 4.78 is 27.5. The normalized spacial score (nSPS) is 13.1. The third-order valence-electron chi connectivity index (χ3n) is 3.03. The van der Waals surface area contributed by atoms with E-state index in [-0.39, 0.29) is 11.4 Å². The zero-order valence-electron chi connectivity index (χ0n) is 11.5. The highest BCUT2D eigenvalue weighted by atomic mass is 79.9. The fraction of sp³-hybridized carbons (Fsp3) is 0.200. The Morgan fingerprint density at radius 1 is 1.19 bits per heavy atom. The van der Waals surface area contributed by atoms with Crippen molar-refractivity contribution in [3.8, 4) is 0 Å². The van der Waals surface area contributed by atoms with Gasteiger partial charge in [-0.3, -0.25) is 0 Å². The van der Waals surface area contributed by atoms with E-state index in [1.807, 2.05) is 13.0 Å². The van der Waals surface area contributed by atoms with E-state index in [9.17, 15) is 13.5 Å². The molecular formula is C15H16BrNO3S. The topological polar surface area (TPSA) is 66.4 Å². The number of nitrogens with one attached hydrogen (secondary N) is 1. The third-order valence-corrected chi connectivity index (χ3v) is 4.96. The van der Waals surface area contributed by atoms with Crippen LogP contribution in [-0.2, 0) is 10.0 Å². The van der Waals surface area contributed by atoms with Gasteiger partial charge in [-0.1, -0.05) is 45.8 Å². The number of hydrogen-bond donors (Lipinski definition) is 2. The molecule has 0 aliphatic carbocycles. The maximum absolute atomic E-state index is 12.1. The van der Waals surface area contributed by atoms with Gasteiger partial charge in [0, 0.05) is 11.0 Å². The molecule has 6 heteroatoms. The second-order valence-corrected chi connectivity index (χ2v) is 7.42. The minimum atomic E-state index is -3.61. The molecule has 4 nitrogen and oxygen atoms in total. The van der Waals surface area contributed by atoms with Crippen LogP contribution in [0.2, 0.25) is 0 Å². The molecule has 0 saturated heterocycles. The van der Waals surface area contributed by atoms with Crippen molar-refractivity contribution in [1.82, 2.24) is 4.72 Å². The summed E-state index contributed by atoms with van der Waals surface area (Å²) in [5.74, 6) is 0. The molecule has 0 aliphatic heterocycles. The first kappa shape index (κ1) is 16.2. The maximum Gasteiger partial charge on any atom is 0.240 e. The Hall–Kier alpha value is -1.21. The molecule has 0 amide bonds. The quantitative estimate of drug-likeness (QED) is 0.851. The largest absolute Gasteiger partial charge is 0.387 e. The highest BCUT2D eigenvalue weighted by molar-refractivity contribution is 9.10. The number of sulfonamides is 1. The molecule has 1 unspecified atom stereocenters. The first-order valence-corrected chi connectivity index (χ1v) is 8.66. The number of aliphatic hydroxyl groups excluding tert-OH is 1. The van der Waals surface area contributed by atoms with Crippen LogP contribution < -0.4 is 4.72 Å². The highest BCUT2D eigenvalue weighted by Gasteiger charge is 2.16. The number of aryl methyl sites for hydroxylation is 1. The van der Waals surface area contributed by atoms with Crippen LogP contribution in [0.1, 0.15) is 17.2 Å². The summed E-state index contributed by atoms with van der Waals surface area (Å²) in [4.78, 5) is 0.189. The van der Waals surface area contributed by atoms with Crippen LogP contribution in [0.3, 0.4) is 0 Å². The van der Waals surface area contributed by atoms with Gasteiger partial charge in [-0.15, -0.1) is 0 Å². The number of hydrogen-bond acceptors (Lipinski definition) is 3. The molecule has 0 saturated carbocycles. The molecule has 1 atom stereocenters. The van der Waals surface area contributed by atoms with Crippen LogP contribution in [0.15, 0.2) is 57.9 Å². The lowest BCUT2D eigenvalue weighted by molar-refractivity contribution is 0.182. The number of aliphatic hydroxyl groups is 1. The molecule has 2 aromatic carbocycles. The minimum Gasteiger partial charge on any atom is -0.387 e. The van der Waals surface area contributed by atoms with Crippen LogP contribution in [-0.4, -0.2) is 20.1 Å². The number of benzene rings is 2. The van der Waals surface area contributed by atoms with Gasteiger partial charge in [-0.2, -0.15) is 0 Å². The zero-order valence-corrected chi connectivity index (χ0v) is 13.9. The van der Waals surface area contributed by atoms with Crippen molar-refractivity contribution in [2.45, 2.75) is 17.9 Å². The maximum atomic E-state index is 12.1. The Morgan fingerprint density at radius 2 is 1.86 bits per heavy atom. The van der Waals surface area contributed by atoms with Gasteiger partial charge in [0.05, 0.1) is 11.0 Å². The van der Waals surface area contributed by atoms with Crippen molar-refractivity contribution in [3.05, 3.63) is 64.1 Å². The van der Waals surface area contributed by atoms with Gasteiger partial charge in [-0.05, 0) is 36.8 Å². The molecule has 2 aromatic rings. The van der Waals surface area contributed by atoms with Crippen molar-refractivity contribution in [2.24, 2.45) is 0 Å². The van der Waals surface area contributed by atoms with Gasteiger partial charge in [-0.25, -0.2) is 13.1 Å². The predicted molar refractivity (Wildman–Crippen MR) is 85.5 cm³/mol. The third kappa shape index (κ3) is 4.38. The van der Waals surface area contributed by atoms with Crippen LogP contribution in [0.25, 0.3) is 0 Å². The Bertz CT molecular complexity index is 714. The first-order chi connectivity index (χ1) is 9.88. The molecule has 0 aliphatic rings. The summed E-state index contributed by atoms with van der Waals surface area (Å²) in [5, 5.41) is 10.1. The lowest BCUT2D eigenvalue weighted by Gasteiger charge is -2.13. The van der Waals surface area contributed by atoms with Crippen LogP contribution in [0, 0.1) is 6.92 Å². The molecular weight excluding hydrogens is 354 g/mol. The summed E-state index contributed by atoms with van der Waals surface area (Å²) in [5.41, 5.74) is 1.64. The summed E-state index contributed by atoms with van der Waals surface area (Å²) in [7, 11) is -3.61. The monoisotopic (exact) mass is 369 g/mol. The number of halogens is 1. The Kier molecular flexibility index (Phi) is 5.16. The first-order valence-electron chi connectivity index (χ1n) is 6.38. The van der Waals surface area contributed by atoms with E-state index in [4.69, 9.17) is 0 Å². The van der Waals surface area contributed by atoms with E-state index < -0.39 is 16.1 Å². The summed E-state index contributed by atoms with van der Waals surface area (Å²) in [6.45, 7) is 1.81. The average Bonchev–Trinajstić information content (AvgIpc) is 2.45. The molecule has 0 bridgehead atoms. The smallest absolute Gasteiger partial charge is 0.240 e. The fourth-order valence-corrected chi connectivity index (χ4v) is 3.28. The van der Waals surface area contributed by atoms with E-state index >= 15 is 0 Å². The van der Waals surface area contributed by atoms with Crippen LogP contribution in [0.5, 0.6) is 0 Å². The minimum absolute atomic E-state index is 0.0767. The van der Waals surface area contributed by atoms with Crippen molar-refractivity contribution in [2.75, 3.05) is 6.54 Å². The van der Waals surface area contributed by atoms with E-state index in [0.29, 0.717) is 5.56 Å². The zero-order chi connectivity index (χ0) is 15.5. The van der Waals surface area contributed by atoms with Gasteiger partial charge < -0.3 is 5.11 Å². The van der Waals surface area contributed by atoms with Gasteiger partial charge in [0.25, 0.3) is 0 Å². The second-order valence-electron chi connectivity index (χ2n) is 4.74. The SMILES string of the molecule is Cc1ccc(S(=O)(=O)NCC(O)c2cccc(Br)c2)cc1. The molecule has 112 valence electrons. The standard InChI is InChI=1S/C15H16BrNO3S/c1-11-5-7-14(8-6-11)21(19,20)17-10-15(18)12-3-2-4-13(16)9-12/h2-9,15,17-18H,10H2,1H3. The lowest BCUT2D eigenvalue weighted by atomic mass is 10.1. The van der Waals surface area contributed by atoms with Gasteiger partial charge >= 0.3 is 0 Å². The van der Waals surface area contributed by atoms with Crippen LogP contribution in [0.4, 0.5) is 0 Å². The average molecular weight is 370 g/mol. The van der Waals surface area contributed by atoms with Crippen molar-refractivity contribution in [3.63, 3.8) is 0 Å². The molecule has 2 N–H and O–H groups in total. The van der Waals surface area contributed by atoms with E-state index in [2.05, 4.69) is 20.7 Å². The van der Waals surface area contributed by atoms with Crippen molar-refractivity contribution in [1.29, 1.82) is 0 Å². The molecule has 21 heavy (non-hydrogen) atoms. The summed E-state index contributed by atoms with van der Waals surface area (Å²) >= 11 is 3.31. The highest BCUT2D eigenvalue weighted by Crippen LogP contribution is 2.18. The van der Waals surface area contributed by atoms with E-state index in [1.165, 1.54) is 0 Å². The Balaban J connectivity index is 2.06. The molecule has 0 fully saturated rings. The molecule has 0 spiro atoms. The van der Waals surface area contributed by atoms with Gasteiger partial charge in [0.1, 0.15) is 0 Å². The Morgan fingerprint density at radius 3 is 2.48 bits per heavy atom. The van der Waals surface area contributed by atoms with Crippen molar-refractivity contribution < 1.29 is 13.5 Å². The van der Waals surface area contributed by atoms with Gasteiger partial charge in [0.15, 0.2) is 0 Å². The summed E-state index contributed by atoms with van der Waals surface area (Å²) in [6, 6.07) is 13.7. The summed E-state index contributed by atoms with van der Waals surface area (Å²) in [6.07, 6.45) is -0.900. The number of rotatable bonds is 5. The fourth-order valence-electron chi connectivity index (χ4n) is 1.82. The Labute approximate surface area is 133 Å². The molecule has 0 radical (unpaired) electrons. The van der Waals surface area contributed by atoms with Gasteiger partial charge in [0.2, 0.25) is 10.0 Å². The lowest BCUT2D eigenvalue weighted by Crippen LogP contribution is -2.28. The molecule has 2 rings (SSSR count). The van der Waals surface area contributed by atoms with E-state index in [1.54, 1.807) is 42.5 Å². The second kappa shape index (κ2) is 6.70. The van der Waals surface area contributed by atoms with E-state index in [0.717, 1.165) is 10.0 Å². The van der Waals surface area contributed by atoms with Crippen LogP contribution >= 0.6 is 15.9 Å². The molecule has 0 heterocycles. The van der Waals surface area contributed by atoms with Crippen molar-refractivity contribution >= 4 is 26.0 Å².